The first kappa shape index (κ1) is 24.1. The number of halogens is 3. The molecular weight excluding hydrogens is 439 g/mol. The van der Waals surface area contributed by atoms with Gasteiger partial charge in [0.05, 0.1) is 21.4 Å². The summed E-state index contributed by atoms with van der Waals surface area (Å²) >= 11 is 0. The fourth-order valence-electron chi connectivity index (χ4n) is 2.72. The van der Waals surface area contributed by atoms with Crippen LogP contribution in [0, 0.1) is 10.1 Å². The average molecular weight is 459 g/mol. The van der Waals surface area contributed by atoms with Gasteiger partial charge in [0.2, 0.25) is 5.91 Å². The van der Waals surface area contributed by atoms with Crippen LogP contribution in [0.5, 0.6) is 0 Å². The molecule has 2 aromatic carbocycles. The molecule has 31 heavy (non-hydrogen) atoms. The van der Waals surface area contributed by atoms with E-state index < -0.39 is 44.1 Å². The maximum absolute atomic E-state index is 12.7. The molecule has 1 unspecified atom stereocenters. The van der Waals surface area contributed by atoms with Gasteiger partial charge >= 0.3 is 6.18 Å². The minimum atomic E-state index is -4.71. The van der Waals surface area contributed by atoms with Crippen LogP contribution >= 0.6 is 0 Å². The van der Waals surface area contributed by atoms with Gasteiger partial charge in [-0.2, -0.15) is 13.2 Å². The van der Waals surface area contributed by atoms with Gasteiger partial charge in [0.1, 0.15) is 5.69 Å². The number of nitrogens with zero attached hydrogens (tertiary/aromatic N) is 1. The van der Waals surface area contributed by atoms with E-state index in [1.165, 1.54) is 12.1 Å². The summed E-state index contributed by atoms with van der Waals surface area (Å²) in [7, 11) is -3.33. The highest BCUT2D eigenvalue weighted by molar-refractivity contribution is 7.90. The second-order valence-corrected chi connectivity index (χ2v) is 8.81. The van der Waals surface area contributed by atoms with Crippen molar-refractivity contribution in [1.82, 2.24) is 5.32 Å². The van der Waals surface area contributed by atoms with Gasteiger partial charge in [-0.25, -0.2) is 8.42 Å². The van der Waals surface area contributed by atoms with Crippen LogP contribution in [0.4, 0.5) is 24.5 Å². The van der Waals surface area contributed by atoms with E-state index in [2.05, 4.69) is 10.6 Å². The molecule has 0 aromatic heterocycles. The van der Waals surface area contributed by atoms with E-state index in [0.29, 0.717) is 11.6 Å². The van der Waals surface area contributed by atoms with E-state index in [9.17, 15) is 36.5 Å². The standard InChI is InChI=1S/C19H20F3N3O5S/c1-12(13-3-6-15(7-4-13)31(2,29)30)24-18(26)9-10-23-16-8-5-14(19(20,21)22)11-17(16)25(27)28/h3-8,11-12,23H,9-10H2,1-2H3,(H,24,26). The van der Waals surface area contributed by atoms with Crippen molar-refractivity contribution in [1.29, 1.82) is 0 Å². The molecule has 0 heterocycles. The quantitative estimate of drug-likeness (QED) is 0.459. The van der Waals surface area contributed by atoms with Crippen molar-refractivity contribution in [3.05, 3.63) is 63.7 Å². The molecule has 168 valence electrons. The summed E-state index contributed by atoms with van der Waals surface area (Å²) in [5.41, 5.74) is -1.34. The third kappa shape index (κ3) is 6.67. The lowest BCUT2D eigenvalue weighted by Gasteiger charge is -2.15. The summed E-state index contributed by atoms with van der Waals surface area (Å²) in [5.74, 6) is -0.401. The van der Waals surface area contributed by atoms with E-state index in [0.717, 1.165) is 18.4 Å². The normalized spacial score (nSPS) is 12.8. The van der Waals surface area contributed by atoms with Crippen LogP contribution in [-0.4, -0.2) is 32.0 Å². The zero-order chi connectivity index (χ0) is 23.4. The Kier molecular flexibility index (Phi) is 7.26. The SMILES string of the molecule is CC(NC(=O)CCNc1ccc(C(F)(F)F)cc1[N+](=O)[O-])c1ccc(S(C)(=O)=O)cc1. The highest BCUT2D eigenvalue weighted by Gasteiger charge is 2.33. The first-order valence-corrected chi connectivity index (χ1v) is 10.9. The average Bonchev–Trinajstić information content (AvgIpc) is 2.66. The lowest BCUT2D eigenvalue weighted by atomic mass is 10.1. The molecular formula is C19H20F3N3O5S. The van der Waals surface area contributed by atoms with Crippen LogP contribution in [0.2, 0.25) is 0 Å². The number of nitro benzene ring substituents is 1. The Labute approximate surface area is 176 Å². The smallest absolute Gasteiger partial charge is 0.379 e. The molecule has 2 aromatic rings. The molecule has 0 radical (unpaired) electrons. The lowest BCUT2D eigenvalue weighted by Crippen LogP contribution is -2.28. The first-order chi connectivity index (χ1) is 14.3. The zero-order valence-corrected chi connectivity index (χ0v) is 17.4. The number of hydrogen-bond acceptors (Lipinski definition) is 6. The van der Waals surface area contributed by atoms with E-state index in [4.69, 9.17) is 0 Å². The van der Waals surface area contributed by atoms with Crippen LogP contribution in [0.3, 0.4) is 0 Å². The summed E-state index contributed by atoms with van der Waals surface area (Å²) in [4.78, 5) is 22.4. The topological polar surface area (TPSA) is 118 Å². The number of nitro groups is 1. The Morgan fingerprint density at radius 1 is 1.16 bits per heavy atom. The number of amides is 1. The van der Waals surface area contributed by atoms with E-state index in [1.807, 2.05) is 0 Å². The van der Waals surface area contributed by atoms with Crippen molar-refractivity contribution in [2.75, 3.05) is 18.1 Å². The molecule has 0 aliphatic rings. The highest BCUT2D eigenvalue weighted by Crippen LogP contribution is 2.34. The number of carbonyl (C=O) groups is 1. The fraction of sp³-hybridized carbons (Fsp3) is 0.316. The maximum Gasteiger partial charge on any atom is 0.416 e. The zero-order valence-electron chi connectivity index (χ0n) is 16.6. The summed E-state index contributed by atoms with van der Waals surface area (Å²) in [6, 6.07) is 7.68. The molecule has 0 bridgehead atoms. The number of alkyl halides is 3. The Bertz CT molecular complexity index is 1070. The summed E-state index contributed by atoms with van der Waals surface area (Å²) in [6.45, 7) is 1.65. The third-order valence-electron chi connectivity index (χ3n) is 4.38. The van der Waals surface area contributed by atoms with Crippen LogP contribution < -0.4 is 10.6 Å². The minimum absolute atomic E-state index is 0.0439. The van der Waals surface area contributed by atoms with E-state index in [1.54, 1.807) is 19.1 Å². The first-order valence-electron chi connectivity index (χ1n) is 8.98. The molecule has 0 saturated heterocycles. The van der Waals surface area contributed by atoms with Gasteiger partial charge in [-0.3, -0.25) is 14.9 Å². The van der Waals surface area contributed by atoms with Crippen LogP contribution in [-0.2, 0) is 20.8 Å². The summed E-state index contributed by atoms with van der Waals surface area (Å²) < 4.78 is 61.2. The van der Waals surface area contributed by atoms with Crippen molar-refractivity contribution in [2.45, 2.75) is 30.5 Å². The van der Waals surface area contributed by atoms with Crippen LogP contribution in [0.1, 0.15) is 30.5 Å². The number of nitrogens with one attached hydrogen (secondary N) is 2. The van der Waals surface area contributed by atoms with Gasteiger partial charge in [0.15, 0.2) is 9.84 Å². The number of carbonyl (C=O) groups excluding carboxylic acids is 1. The Balaban J connectivity index is 1.95. The Morgan fingerprint density at radius 3 is 2.29 bits per heavy atom. The van der Waals surface area contributed by atoms with Gasteiger partial charge < -0.3 is 10.6 Å². The van der Waals surface area contributed by atoms with Gasteiger partial charge in [-0.15, -0.1) is 0 Å². The molecule has 8 nitrogen and oxygen atoms in total. The predicted octanol–water partition coefficient (Wildman–Crippen LogP) is 3.70. The number of benzene rings is 2. The van der Waals surface area contributed by atoms with Gasteiger partial charge in [-0.05, 0) is 36.8 Å². The molecule has 2 rings (SSSR count). The number of anilines is 1. The van der Waals surface area contributed by atoms with Gasteiger partial charge in [0, 0.05) is 25.3 Å². The van der Waals surface area contributed by atoms with Crippen molar-refractivity contribution in [3.63, 3.8) is 0 Å². The predicted molar refractivity (Wildman–Crippen MR) is 107 cm³/mol. The van der Waals surface area contributed by atoms with Gasteiger partial charge in [-0.1, -0.05) is 12.1 Å². The minimum Gasteiger partial charge on any atom is -0.379 e. The molecule has 0 aliphatic carbocycles. The Morgan fingerprint density at radius 2 is 1.77 bits per heavy atom. The summed E-state index contributed by atoms with van der Waals surface area (Å²) in [5, 5.41) is 16.4. The lowest BCUT2D eigenvalue weighted by molar-refractivity contribution is -0.384. The second kappa shape index (κ2) is 9.33. The largest absolute Gasteiger partial charge is 0.416 e. The molecule has 0 aliphatic heterocycles. The van der Waals surface area contributed by atoms with Crippen molar-refractivity contribution < 1.29 is 31.3 Å². The fourth-order valence-corrected chi connectivity index (χ4v) is 3.35. The van der Waals surface area contributed by atoms with E-state index >= 15 is 0 Å². The van der Waals surface area contributed by atoms with E-state index in [-0.39, 0.29) is 23.5 Å². The monoisotopic (exact) mass is 459 g/mol. The van der Waals surface area contributed by atoms with Crippen molar-refractivity contribution in [3.8, 4) is 0 Å². The van der Waals surface area contributed by atoms with Crippen molar-refractivity contribution in [2.24, 2.45) is 0 Å². The molecule has 1 atom stereocenters. The van der Waals surface area contributed by atoms with Crippen LogP contribution in [0.25, 0.3) is 0 Å². The number of sulfone groups is 1. The van der Waals surface area contributed by atoms with Crippen LogP contribution in [0.15, 0.2) is 47.4 Å². The van der Waals surface area contributed by atoms with Crippen molar-refractivity contribution >= 4 is 27.1 Å². The maximum atomic E-state index is 12.7. The third-order valence-corrected chi connectivity index (χ3v) is 5.50. The second-order valence-electron chi connectivity index (χ2n) is 6.79. The van der Waals surface area contributed by atoms with Gasteiger partial charge in [0.25, 0.3) is 5.69 Å². The molecule has 1 amide bonds. The Hall–Kier alpha value is -3.15. The number of rotatable bonds is 8. The molecule has 0 saturated carbocycles. The molecule has 12 heteroatoms. The number of hydrogen-bond donors (Lipinski definition) is 2. The highest BCUT2D eigenvalue weighted by atomic mass is 32.2. The molecule has 2 N–H and O–H groups in total. The summed E-state index contributed by atoms with van der Waals surface area (Å²) in [6.07, 6.45) is -3.72. The molecule has 0 fully saturated rings. The molecule has 0 spiro atoms.